The van der Waals surface area contributed by atoms with Crippen LogP contribution in [0.25, 0.3) is 16.6 Å². The van der Waals surface area contributed by atoms with Crippen LogP contribution in [-0.2, 0) is 17.8 Å². The van der Waals surface area contributed by atoms with Crippen molar-refractivity contribution in [3.8, 4) is 5.69 Å². The van der Waals surface area contributed by atoms with Gasteiger partial charge in [-0.15, -0.1) is 0 Å². The molecule has 7 heteroatoms. The normalized spacial score (nSPS) is 11.2. The maximum atomic E-state index is 13.8. The molecule has 1 aromatic heterocycles. The first-order chi connectivity index (χ1) is 16.8. The van der Waals surface area contributed by atoms with Gasteiger partial charge in [-0.25, -0.2) is 13.8 Å². The Morgan fingerprint density at radius 3 is 2.40 bits per heavy atom. The molecule has 180 valence electrons. The molecule has 1 N–H and O–H groups in total. The highest BCUT2D eigenvalue weighted by molar-refractivity contribution is 5.79. The number of carbonyl (C=O) groups is 1. The van der Waals surface area contributed by atoms with Gasteiger partial charge in [0.1, 0.15) is 5.82 Å². The number of carbonyl (C=O) groups excluding carboxylic acids is 1. The predicted molar refractivity (Wildman–Crippen MR) is 135 cm³/mol. The fourth-order valence-corrected chi connectivity index (χ4v) is 4.03. The summed E-state index contributed by atoms with van der Waals surface area (Å²) in [4.78, 5) is 39.0. The van der Waals surface area contributed by atoms with Crippen LogP contribution < -0.4 is 16.6 Å². The number of nitrogens with one attached hydrogen (secondary N) is 1. The van der Waals surface area contributed by atoms with Gasteiger partial charge in [0.15, 0.2) is 0 Å². The van der Waals surface area contributed by atoms with Crippen molar-refractivity contribution in [2.75, 3.05) is 6.54 Å². The van der Waals surface area contributed by atoms with Crippen LogP contribution >= 0.6 is 0 Å². The maximum absolute atomic E-state index is 13.8. The standard InChI is InChI=1S/C28H28FN3O3/c1-19(2)14-15-30-26(33)17-20-10-12-23(13-11-20)32-27(34)24-8-3-4-9-25(24)31(28(32)35)18-21-6-5-7-22(29)16-21/h3-13,16,19H,14-15,17-18H2,1-2H3,(H,30,33). The van der Waals surface area contributed by atoms with Gasteiger partial charge in [0.05, 0.1) is 29.6 Å². The molecule has 0 saturated carbocycles. The smallest absolute Gasteiger partial charge is 0.336 e. The summed E-state index contributed by atoms with van der Waals surface area (Å²) in [7, 11) is 0. The van der Waals surface area contributed by atoms with Crippen LogP contribution in [0.3, 0.4) is 0 Å². The Hall–Kier alpha value is -4.00. The highest BCUT2D eigenvalue weighted by Crippen LogP contribution is 2.14. The summed E-state index contributed by atoms with van der Waals surface area (Å²) in [5, 5.41) is 3.29. The number of hydrogen-bond acceptors (Lipinski definition) is 3. The van der Waals surface area contributed by atoms with Crippen molar-refractivity contribution in [3.63, 3.8) is 0 Å². The summed E-state index contributed by atoms with van der Waals surface area (Å²) < 4.78 is 16.3. The molecule has 0 atom stereocenters. The van der Waals surface area contributed by atoms with Crippen LogP contribution in [0.4, 0.5) is 4.39 Å². The Kier molecular flexibility index (Phi) is 7.25. The Morgan fingerprint density at radius 1 is 0.943 bits per heavy atom. The third-order valence-corrected chi connectivity index (χ3v) is 5.88. The second-order valence-electron chi connectivity index (χ2n) is 9.03. The molecule has 0 unspecified atom stereocenters. The molecular weight excluding hydrogens is 445 g/mol. The van der Waals surface area contributed by atoms with E-state index < -0.39 is 17.1 Å². The molecule has 0 bridgehead atoms. The summed E-state index contributed by atoms with van der Waals surface area (Å²) >= 11 is 0. The van der Waals surface area contributed by atoms with E-state index in [1.807, 2.05) is 0 Å². The van der Waals surface area contributed by atoms with Gasteiger partial charge < -0.3 is 5.32 Å². The number of rotatable bonds is 8. The van der Waals surface area contributed by atoms with Gasteiger partial charge in [-0.05, 0) is 59.9 Å². The SMILES string of the molecule is CC(C)CCNC(=O)Cc1ccc(-n2c(=O)c3ccccc3n(Cc3cccc(F)c3)c2=O)cc1. The van der Waals surface area contributed by atoms with E-state index in [1.54, 1.807) is 60.7 Å². The zero-order valence-electron chi connectivity index (χ0n) is 19.8. The van der Waals surface area contributed by atoms with Crippen molar-refractivity contribution in [2.24, 2.45) is 5.92 Å². The third-order valence-electron chi connectivity index (χ3n) is 5.88. The van der Waals surface area contributed by atoms with Crippen LogP contribution in [0, 0.1) is 11.7 Å². The van der Waals surface area contributed by atoms with Gasteiger partial charge in [-0.1, -0.05) is 50.2 Å². The lowest BCUT2D eigenvalue weighted by molar-refractivity contribution is -0.120. The quantitative estimate of drug-likeness (QED) is 0.420. The fourth-order valence-electron chi connectivity index (χ4n) is 4.03. The Bertz CT molecular complexity index is 1470. The largest absolute Gasteiger partial charge is 0.356 e. The molecule has 1 heterocycles. The minimum atomic E-state index is -0.517. The Morgan fingerprint density at radius 2 is 1.69 bits per heavy atom. The lowest BCUT2D eigenvalue weighted by Crippen LogP contribution is -2.39. The van der Waals surface area contributed by atoms with Crippen molar-refractivity contribution in [1.29, 1.82) is 0 Å². The molecule has 0 aliphatic rings. The highest BCUT2D eigenvalue weighted by Gasteiger charge is 2.15. The molecule has 0 aliphatic carbocycles. The van der Waals surface area contributed by atoms with E-state index in [0.717, 1.165) is 16.6 Å². The minimum absolute atomic E-state index is 0.0706. The number of fused-ring (bicyclic) bond motifs is 1. The van der Waals surface area contributed by atoms with Gasteiger partial charge in [0.25, 0.3) is 5.56 Å². The number of benzene rings is 3. The van der Waals surface area contributed by atoms with E-state index in [-0.39, 0.29) is 18.9 Å². The van der Waals surface area contributed by atoms with Gasteiger partial charge in [0.2, 0.25) is 5.91 Å². The van der Waals surface area contributed by atoms with Gasteiger partial charge >= 0.3 is 5.69 Å². The molecule has 0 spiro atoms. The van der Waals surface area contributed by atoms with E-state index in [9.17, 15) is 18.8 Å². The molecular formula is C28H28FN3O3. The summed E-state index contributed by atoms with van der Waals surface area (Å²) in [5.41, 5.74) is 1.34. The average molecular weight is 474 g/mol. The van der Waals surface area contributed by atoms with E-state index in [0.29, 0.717) is 34.6 Å². The third kappa shape index (κ3) is 5.57. The molecule has 0 fully saturated rings. The summed E-state index contributed by atoms with van der Waals surface area (Å²) in [6.45, 7) is 4.95. The van der Waals surface area contributed by atoms with Crippen LogP contribution in [0.1, 0.15) is 31.4 Å². The monoisotopic (exact) mass is 473 g/mol. The van der Waals surface area contributed by atoms with E-state index in [2.05, 4.69) is 19.2 Å². The average Bonchev–Trinajstić information content (AvgIpc) is 2.83. The van der Waals surface area contributed by atoms with Crippen LogP contribution in [-0.4, -0.2) is 21.6 Å². The number of hydrogen-bond donors (Lipinski definition) is 1. The second-order valence-corrected chi connectivity index (χ2v) is 9.03. The highest BCUT2D eigenvalue weighted by atomic mass is 19.1. The number of halogens is 1. The maximum Gasteiger partial charge on any atom is 0.336 e. The number of amides is 1. The second kappa shape index (κ2) is 10.5. The van der Waals surface area contributed by atoms with E-state index in [4.69, 9.17) is 0 Å². The van der Waals surface area contributed by atoms with Crippen LogP contribution in [0.2, 0.25) is 0 Å². The Labute approximate surface area is 202 Å². The van der Waals surface area contributed by atoms with Gasteiger partial charge in [-0.3, -0.25) is 14.2 Å². The van der Waals surface area contributed by atoms with E-state index >= 15 is 0 Å². The number of nitrogens with zero attached hydrogens (tertiary/aromatic N) is 2. The molecule has 0 radical (unpaired) electrons. The van der Waals surface area contributed by atoms with Crippen molar-refractivity contribution in [1.82, 2.24) is 14.5 Å². The first-order valence-electron chi connectivity index (χ1n) is 11.7. The lowest BCUT2D eigenvalue weighted by Gasteiger charge is -2.15. The first-order valence-corrected chi connectivity index (χ1v) is 11.7. The topological polar surface area (TPSA) is 73.1 Å². The molecule has 0 saturated heterocycles. The molecule has 1 amide bonds. The zero-order chi connectivity index (χ0) is 24.9. The van der Waals surface area contributed by atoms with Gasteiger partial charge in [0, 0.05) is 6.54 Å². The van der Waals surface area contributed by atoms with Crippen molar-refractivity contribution >= 4 is 16.8 Å². The molecule has 4 rings (SSSR count). The van der Waals surface area contributed by atoms with Crippen molar-refractivity contribution in [3.05, 3.63) is 111 Å². The van der Waals surface area contributed by atoms with Crippen molar-refractivity contribution in [2.45, 2.75) is 33.2 Å². The Balaban J connectivity index is 1.68. The van der Waals surface area contributed by atoms with Crippen LogP contribution in [0.5, 0.6) is 0 Å². The molecule has 6 nitrogen and oxygen atoms in total. The predicted octanol–water partition coefficient (Wildman–Crippen LogP) is 4.04. The van der Waals surface area contributed by atoms with Gasteiger partial charge in [-0.2, -0.15) is 0 Å². The summed E-state index contributed by atoms with van der Waals surface area (Å²) in [6.07, 6.45) is 1.13. The van der Waals surface area contributed by atoms with Crippen LogP contribution in [0.15, 0.2) is 82.4 Å². The first kappa shape index (κ1) is 24.1. The zero-order valence-corrected chi connectivity index (χ0v) is 19.8. The molecule has 0 aliphatic heterocycles. The minimum Gasteiger partial charge on any atom is -0.356 e. The fraction of sp³-hybridized carbons (Fsp3) is 0.250. The van der Waals surface area contributed by atoms with Crippen molar-refractivity contribution < 1.29 is 9.18 Å². The lowest BCUT2D eigenvalue weighted by atomic mass is 10.1. The van der Waals surface area contributed by atoms with E-state index in [1.165, 1.54) is 16.7 Å². The molecule has 3 aromatic carbocycles. The number of para-hydroxylation sites is 1. The molecule has 4 aromatic rings. The summed E-state index contributed by atoms with van der Waals surface area (Å²) in [6, 6.07) is 19.8. The number of aromatic nitrogens is 2. The molecule has 35 heavy (non-hydrogen) atoms. The summed E-state index contributed by atoms with van der Waals surface area (Å²) in [5.74, 6) is 0.0514.